The number of thiophene rings is 1. The second-order valence-corrected chi connectivity index (χ2v) is 5.60. The maximum Gasteiger partial charge on any atom is 0.315 e. The first-order valence-electron chi connectivity index (χ1n) is 5.54. The fraction of sp³-hybridized carbons (Fsp3) is 0.455. The van der Waals surface area contributed by atoms with Crippen molar-refractivity contribution < 1.29 is 14.7 Å². The molecular weight excluding hydrogens is 320 g/mol. The van der Waals surface area contributed by atoms with E-state index >= 15 is 0 Å². The highest BCUT2D eigenvalue weighted by Gasteiger charge is 2.02. The minimum Gasteiger partial charge on any atom is -0.481 e. The number of carbonyl (C=O) groups is 2. The molecular formula is C11H15BrN2O3S. The second kappa shape index (κ2) is 8.10. The number of carboxylic acids is 1. The van der Waals surface area contributed by atoms with Gasteiger partial charge in [0.1, 0.15) is 0 Å². The molecule has 1 aromatic rings. The van der Waals surface area contributed by atoms with Crippen molar-refractivity contribution in [3.63, 3.8) is 0 Å². The predicted octanol–water partition coefficient (Wildman–Crippen LogP) is 2.56. The van der Waals surface area contributed by atoms with Gasteiger partial charge in [-0.25, -0.2) is 4.79 Å². The molecule has 0 spiro atoms. The summed E-state index contributed by atoms with van der Waals surface area (Å²) in [6, 6.07) is 1.73. The summed E-state index contributed by atoms with van der Waals surface area (Å²) in [5, 5.41) is 15.8. The van der Waals surface area contributed by atoms with Crippen LogP contribution in [0, 0.1) is 0 Å². The van der Waals surface area contributed by atoms with Crippen molar-refractivity contribution in [1.29, 1.82) is 0 Å². The molecule has 0 atom stereocenters. The Labute approximate surface area is 118 Å². The zero-order valence-corrected chi connectivity index (χ0v) is 12.1. The molecule has 2 amide bonds. The number of nitrogens with one attached hydrogen (secondary N) is 2. The number of aliphatic carboxylic acids is 1. The van der Waals surface area contributed by atoms with Crippen molar-refractivity contribution >= 4 is 39.3 Å². The molecule has 1 aromatic heterocycles. The lowest BCUT2D eigenvalue weighted by Crippen LogP contribution is -2.35. The third-order valence-corrected chi connectivity index (χ3v) is 3.85. The average molecular weight is 335 g/mol. The maximum atomic E-state index is 11.4. The number of unbranched alkanes of at least 4 members (excludes halogenated alkanes) is 1. The highest BCUT2D eigenvalue weighted by Crippen LogP contribution is 2.19. The zero-order chi connectivity index (χ0) is 13.4. The van der Waals surface area contributed by atoms with E-state index in [1.165, 1.54) is 0 Å². The summed E-state index contributed by atoms with van der Waals surface area (Å²) in [7, 11) is 0. The van der Waals surface area contributed by atoms with Crippen LogP contribution < -0.4 is 10.6 Å². The first-order valence-corrected chi connectivity index (χ1v) is 7.21. The molecule has 0 fully saturated rings. The van der Waals surface area contributed by atoms with Crippen molar-refractivity contribution in [2.45, 2.75) is 25.8 Å². The van der Waals surface area contributed by atoms with Gasteiger partial charge in [0, 0.05) is 27.7 Å². The summed E-state index contributed by atoms with van der Waals surface area (Å²) in [5.41, 5.74) is 0. The van der Waals surface area contributed by atoms with Crippen molar-refractivity contribution in [2.24, 2.45) is 0 Å². The quantitative estimate of drug-likeness (QED) is 0.670. The lowest BCUT2D eigenvalue weighted by molar-refractivity contribution is -0.137. The monoisotopic (exact) mass is 334 g/mol. The average Bonchev–Trinajstić information content (AvgIpc) is 2.71. The molecule has 100 valence electrons. The van der Waals surface area contributed by atoms with Crippen molar-refractivity contribution in [3.8, 4) is 0 Å². The summed E-state index contributed by atoms with van der Waals surface area (Å²) in [4.78, 5) is 22.7. The highest BCUT2D eigenvalue weighted by molar-refractivity contribution is 9.10. The summed E-state index contributed by atoms with van der Waals surface area (Å²) >= 11 is 4.92. The SMILES string of the molecule is O=C(O)CCCCNC(=O)NCc1cc(Br)cs1. The van der Waals surface area contributed by atoms with E-state index in [0.29, 0.717) is 25.9 Å². The van der Waals surface area contributed by atoms with Crippen LogP contribution in [0.1, 0.15) is 24.1 Å². The minimum atomic E-state index is -0.803. The van der Waals surface area contributed by atoms with Gasteiger partial charge in [0.2, 0.25) is 0 Å². The highest BCUT2D eigenvalue weighted by atomic mass is 79.9. The molecule has 0 radical (unpaired) electrons. The summed E-state index contributed by atoms with van der Waals surface area (Å²) < 4.78 is 1.01. The molecule has 3 N–H and O–H groups in total. The first kappa shape index (κ1) is 15.0. The lowest BCUT2D eigenvalue weighted by atomic mass is 10.2. The number of hydrogen-bond donors (Lipinski definition) is 3. The van der Waals surface area contributed by atoms with Gasteiger partial charge in [-0.15, -0.1) is 11.3 Å². The number of carboxylic acid groups (broad SMARTS) is 1. The minimum absolute atomic E-state index is 0.145. The van der Waals surface area contributed by atoms with E-state index in [1.807, 2.05) is 11.4 Å². The largest absolute Gasteiger partial charge is 0.481 e. The molecule has 0 aliphatic carbocycles. The van der Waals surface area contributed by atoms with Crippen LogP contribution >= 0.6 is 27.3 Å². The predicted molar refractivity (Wildman–Crippen MR) is 73.7 cm³/mol. The third-order valence-electron chi connectivity index (χ3n) is 2.15. The van der Waals surface area contributed by atoms with Gasteiger partial charge >= 0.3 is 12.0 Å². The van der Waals surface area contributed by atoms with Crippen LogP contribution in [0.25, 0.3) is 0 Å². The summed E-state index contributed by atoms with van der Waals surface area (Å²) in [6.07, 6.45) is 1.39. The number of rotatable bonds is 7. The van der Waals surface area contributed by atoms with E-state index in [4.69, 9.17) is 5.11 Å². The molecule has 0 aliphatic rings. The van der Waals surface area contributed by atoms with Crippen LogP contribution in [0.5, 0.6) is 0 Å². The topological polar surface area (TPSA) is 78.4 Å². The fourth-order valence-corrected chi connectivity index (χ4v) is 2.67. The Morgan fingerprint density at radius 2 is 2.11 bits per heavy atom. The van der Waals surface area contributed by atoms with E-state index in [1.54, 1.807) is 11.3 Å². The molecule has 0 bridgehead atoms. The van der Waals surface area contributed by atoms with Crippen LogP contribution in [0.2, 0.25) is 0 Å². The second-order valence-electron chi connectivity index (χ2n) is 3.69. The molecule has 1 heterocycles. The normalized spacial score (nSPS) is 10.1. The van der Waals surface area contributed by atoms with E-state index in [0.717, 1.165) is 9.35 Å². The van der Waals surface area contributed by atoms with E-state index in [2.05, 4.69) is 26.6 Å². The van der Waals surface area contributed by atoms with Gasteiger partial charge in [-0.05, 0) is 34.8 Å². The number of urea groups is 1. The van der Waals surface area contributed by atoms with Gasteiger partial charge in [0.15, 0.2) is 0 Å². The van der Waals surface area contributed by atoms with E-state index in [9.17, 15) is 9.59 Å². The first-order chi connectivity index (χ1) is 8.58. The van der Waals surface area contributed by atoms with Crippen LogP contribution in [-0.2, 0) is 11.3 Å². The Morgan fingerprint density at radius 1 is 1.33 bits per heavy atom. The molecule has 1 rings (SSSR count). The van der Waals surface area contributed by atoms with Gasteiger partial charge in [0.05, 0.1) is 6.54 Å². The Balaban J connectivity index is 2.05. The van der Waals surface area contributed by atoms with Gasteiger partial charge in [-0.2, -0.15) is 0 Å². The van der Waals surface area contributed by atoms with Crippen LogP contribution in [0.3, 0.4) is 0 Å². The lowest BCUT2D eigenvalue weighted by Gasteiger charge is -2.05. The Morgan fingerprint density at radius 3 is 2.72 bits per heavy atom. The van der Waals surface area contributed by atoms with Crippen LogP contribution in [0.15, 0.2) is 15.9 Å². The molecule has 7 heteroatoms. The number of halogens is 1. The Bertz CT molecular complexity index is 409. The number of amides is 2. The van der Waals surface area contributed by atoms with Crippen LogP contribution in [0.4, 0.5) is 4.79 Å². The number of hydrogen-bond acceptors (Lipinski definition) is 3. The third kappa shape index (κ3) is 6.61. The van der Waals surface area contributed by atoms with E-state index < -0.39 is 5.97 Å². The molecule has 0 saturated heterocycles. The van der Waals surface area contributed by atoms with Gasteiger partial charge in [-0.1, -0.05) is 0 Å². The van der Waals surface area contributed by atoms with Gasteiger partial charge < -0.3 is 15.7 Å². The Kier molecular flexibility index (Phi) is 6.74. The van der Waals surface area contributed by atoms with Gasteiger partial charge in [0.25, 0.3) is 0 Å². The standard InChI is InChI=1S/C11H15BrN2O3S/c12-8-5-9(18-7-8)6-14-11(17)13-4-2-1-3-10(15)16/h5,7H,1-4,6H2,(H,15,16)(H2,13,14,17). The van der Waals surface area contributed by atoms with Gasteiger partial charge in [-0.3, -0.25) is 4.79 Å². The maximum absolute atomic E-state index is 11.4. The molecule has 0 aliphatic heterocycles. The fourth-order valence-electron chi connectivity index (χ4n) is 1.28. The van der Waals surface area contributed by atoms with Crippen molar-refractivity contribution in [3.05, 3.63) is 20.8 Å². The van der Waals surface area contributed by atoms with Crippen molar-refractivity contribution in [2.75, 3.05) is 6.54 Å². The molecule has 18 heavy (non-hydrogen) atoms. The zero-order valence-electron chi connectivity index (χ0n) is 9.74. The van der Waals surface area contributed by atoms with E-state index in [-0.39, 0.29) is 12.5 Å². The van der Waals surface area contributed by atoms with Crippen molar-refractivity contribution in [1.82, 2.24) is 10.6 Å². The Hall–Kier alpha value is -1.08. The number of carbonyl (C=O) groups excluding carboxylic acids is 1. The molecule has 0 aromatic carbocycles. The van der Waals surface area contributed by atoms with Crippen LogP contribution in [-0.4, -0.2) is 23.7 Å². The molecule has 0 saturated carbocycles. The summed E-state index contributed by atoms with van der Waals surface area (Å²) in [5.74, 6) is -0.803. The molecule has 5 nitrogen and oxygen atoms in total. The smallest absolute Gasteiger partial charge is 0.315 e. The summed E-state index contributed by atoms with van der Waals surface area (Å²) in [6.45, 7) is 0.991. The molecule has 0 unspecified atom stereocenters.